The lowest BCUT2D eigenvalue weighted by Gasteiger charge is -2.41. The van der Waals surface area contributed by atoms with Gasteiger partial charge in [0.15, 0.2) is 0 Å². The van der Waals surface area contributed by atoms with Crippen LogP contribution in [0, 0.1) is 17.8 Å². The van der Waals surface area contributed by atoms with Crippen molar-refractivity contribution < 1.29 is 81.3 Å². The molecule has 9 atom stereocenters. The maximum atomic E-state index is 14.5. The Morgan fingerprint density at radius 2 is 1.42 bits per heavy atom. The van der Waals surface area contributed by atoms with Gasteiger partial charge in [0.25, 0.3) is 0 Å². The summed E-state index contributed by atoms with van der Waals surface area (Å²) in [6.07, 6.45) is 11.5. The molecule has 105 heavy (non-hydrogen) atoms. The minimum Gasteiger partial charge on any atom is -0.495 e. The van der Waals surface area contributed by atoms with Crippen LogP contribution < -0.4 is 9.64 Å². The molecule has 1 unspecified atom stereocenters. The monoisotopic (exact) mass is 1480 g/mol. The van der Waals surface area contributed by atoms with Gasteiger partial charge in [0, 0.05) is 96.5 Å². The second kappa shape index (κ2) is 38.9. The van der Waals surface area contributed by atoms with Crippen LogP contribution in [0.3, 0.4) is 0 Å². The lowest BCUT2D eigenvalue weighted by atomic mass is 9.78. The lowest BCUT2D eigenvalue weighted by Crippen LogP contribution is -2.53. The normalized spacial score (nSPS) is 24.9. The van der Waals surface area contributed by atoms with Crippen molar-refractivity contribution in [3.63, 3.8) is 0 Å². The van der Waals surface area contributed by atoms with Crippen molar-refractivity contribution in [3.8, 4) is 28.3 Å². The Labute approximate surface area is 623 Å². The van der Waals surface area contributed by atoms with Crippen LogP contribution in [0.1, 0.15) is 153 Å². The molecular formula is C80H110ClN7O17. The Balaban J connectivity index is 0.600. The van der Waals surface area contributed by atoms with E-state index >= 15 is 0 Å². The predicted molar refractivity (Wildman–Crippen MR) is 396 cm³/mol. The first-order valence-electron chi connectivity index (χ1n) is 37.4. The smallest absolute Gasteiger partial charge is 0.328 e. The van der Waals surface area contributed by atoms with Gasteiger partial charge in [0.05, 0.1) is 91.0 Å². The number of nitrogens with one attached hydrogen (secondary N) is 1. The van der Waals surface area contributed by atoms with Crippen molar-refractivity contribution in [1.29, 1.82) is 0 Å². The van der Waals surface area contributed by atoms with E-state index in [1.165, 1.54) is 24.0 Å². The molecule has 2 saturated heterocycles. The first kappa shape index (κ1) is 81.7. The number of benzene rings is 3. The van der Waals surface area contributed by atoms with Crippen molar-refractivity contribution in [2.75, 3.05) is 113 Å². The average molecular weight is 1480 g/mol. The molecule has 24 nitrogen and oxygen atoms in total. The topological polar surface area (TPSA) is 281 Å². The van der Waals surface area contributed by atoms with Crippen molar-refractivity contribution in [1.82, 2.24) is 30.1 Å². The Kier molecular flexibility index (Phi) is 30.3. The number of ketones is 1. The number of halogens is 1. The van der Waals surface area contributed by atoms with E-state index in [1.54, 1.807) is 70.1 Å². The van der Waals surface area contributed by atoms with Crippen molar-refractivity contribution in [2.45, 2.75) is 191 Å². The van der Waals surface area contributed by atoms with Crippen molar-refractivity contribution in [2.24, 2.45) is 17.8 Å². The third-order valence-electron chi connectivity index (χ3n) is 21.8. The number of amides is 4. The van der Waals surface area contributed by atoms with Gasteiger partial charge >= 0.3 is 11.9 Å². The number of likely N-dealkylation sites (N-methyl/N-ethyl adjacent to an activating group) is 2. The summed E-state index contributed by atoms with van der Waals surface area (Å²) in [5.74, 6) is -1.97. The van der Waals surface area contributed by atoms with Gasteiger partial charge in [-0.25, -0.2) is 4.79 Å². The zero-order valence-corrected chi connectivity index (χ0v) is 63.8. The molecule has 574 valence electrons. The number of allylic oxidation sites excluding steroid dienone is 3. The molecular weight excluding hydrogens is 1370 g/mol. The molecule has 1 saturated carbocycles. The molecule has 9 rings (SSSR count). The number of H-pyrrole nitrogens is 1. The van der Waals surface area contributed by atoms with E-state index in [0.29, 0.717) is 122 Å². The Hall–Kier alpha value is -7.42. The number of aromatic nitrogens is 3. The van der Waals surface area contributed by atoms with Crippen LogP contribution in [0.4, 0.5) is 5.69 Å². The number of aliphatic hydroxyl groups is 1. The third-order valence-corrected chi connectivity index (χ3v) is 22.2. The van der Waals surface area contributed by atoms with Gasteiger partial charge in [-0.05, 0) is 113 Å². The number of rotatable bonds is 33. The third kappa shape index (κ3) is 21.7. The number of nitrogens with zero attached hydrogens (tertiary/aromatic N) is 6. The van der Waals surface area contributed by atoms with E-state index in [4.69, 9.17) is 54.2 Å². The quantitative estimate of drug-likeness (QED) is 0.0255. The largest absolute Gasteiger partial charge is 0.495 e. The number of unbranched alkanes of at least 4 members (excludes halogenated alkanes) is 3. The molecule has 2 N–H and O–H groups in total. The summed E-state index contributed by atoms with van der Waals surface area (Å²) in [7, 11) is 9.74. The molecule has 4 bridgehead atoms. The molecule has 2 aliphatic carbocycles. The number of hydrogen-bond acceptors (Lipinski definition) is 19. The van der Waals surface area contributed by atoms with Gasteiger partial charge in [-0.1, -0.05) is 110 Å². The number of aromatic amines is 1. The number of methoxy groups -OCH3 is 2. The number of Topliss-reactive ketones (excluding diaryl/α,β-unsaturated/α-hetero) is 1. The molecule has 0 spiro atoms. The number of anilines is 1. The first-order chi connectivity index (χ1) is 50.4. The maximum Gasteiger partial charge on any atom is 0.328 e. The highest BCUT2D eigenvalue weighted by Gasteiger charge is 2.64. The molecule has 5 aliphatic rings. The summed E-state index contributed by atoms with van der Waals surface area (Å²) in [6, 6.07) is 18.7. The second-order valence-electron chi connectivity index (χ2n) is 29.3. The van der Waals surface area contributed by atoms with E-state index in [9.17, 15) is 38.7 Å². The maximum absolute atomic E-state index is 14.5. The second-order valence-corrected chi connectivity index (χ2v) is 29.6. The molecule has 3 fully saturated rings. The highest BCUT2D eigenvalue weighted by Crippen LogP contribution is 2.50. The fourth-order valence-electron chi connectivity index (χ4n) is 15.1. The van der Waals surface area contributed by atoms with E-state index in [1.807, 2.05) is 68.5 Å². The van der Waals surface area contributed by atoms with Crippen LogP contribution >= 0.6 is 11.6 Å². The number of hydrogen-bond donors (Lipinski definition) is 2. The summed E-state index contributed by atoms with van der Waals surface area (Å²) >= 11 is 6.88. The van der Waals surface area contributed by atoms with Crippen LogP contribution in [-0.4, -0.2) is 227 Å². The van der Waals surface area contributed by atoms with Crippen LogP contribution in [0.2, 0.25) is 5.02 Å². The summed E-state index contributed by atoms with van der Waals surface area (Å²) in [5, 5.41) is 24.0. The van der Waals surface area contributed by atoms with Crippen molar-refractivity contribution >= 4 is 58.6 Å². The van der Waals surface area contributed by atoms with E-state index in [2.05, 4.69) is 21.5 Å². The summed E-state index contributed by atoms with van der Waals surface area (Å²) in [4.78, 5) is 102. The van der Waals surface area contributed by atoms with Crippen molar-refractivity contribution in [3.05, 3.63) is 106 Å². The number of carbonyl (C=O) groups is 7. The molecule has 0 radical (unpaired) electrons. The van der Waals surface area contributed by atoms with Crippen LogP contribution in [0.5, 0.6) is 5.75 Å². The fraction of sp³-hybridized carbons (Fsp3) is 0.613. The van der Waals surface area contributed by atoms with Crippen LogP contribution in [0.25, 0.3) is 22.5 Å². The Morgan fingerprint density at radius 3 is 2.12 bits per heavy atom. The number of ether oxygens (including phenoxy) is 9. The number of epoxide rings is 1. The minimum atomic E-state index is -1.61. The molecule has 3 aromatic carbocycles. The number of carbonyl (C=O) groups excluding carboxylic acids is 7. The number of esters is 2. The number of fused-ring (bicyclic) bond motifs is 10. The van der Waals surface area contributed by atoms with Gasteiger partial charge < -0.3 is 67.3 Å². The van der Waals surface area contributed by atoms with Crippen LogP contribution in [-0.2, 0) is 84.3 Å². The molecule has 1 aromatic heterocycles. The van der Waals surface area contributed by atoms with Crippen LogP contribution in [0.15, 0.2) is 84.5 Å². The Bertz CT molecular complexity index is 3670. The summed E-state index contributed by atoms with van der Waals surface area (Å²) < 4.78 is 52.7. The fourth-order valence-corrected chi connectivity index (χ4v) is 15.4. The summed E-state index contributed by atoms with van der Waals surface area (Å²) in [5.41, 5.74) is 4.81. The molecule has 4 heterocycles. The molecule has 4 aromatic rings. The van der Waals surface area contributed by atoms with Gasteiger partial charge in [0.2, 0.25) is 23.6 Å². The van der Waals surface area contributed by atoms with E-state index in [0.717, 1.165) is 96.1 Å². The molecule has 3 aliphatic heterocycles. The average Bonchev–Trinajstić information content (AvgIpc) is 1.59. The lowest BCUT2D eigenvalue weighted by molar-refractivity contribution is -0.187. The SMILES string of the molecule is COc1cc2cc(c1Cl)N(C)C(=O)C[C@H](OC(=O)[C@H](C)N(C)C(=O)C1CCC(CCCCC(=O)N(C)CCOCCOCCOCCOCCC(=O)N(C)CCCCCC(=O)C3Cc4ccccc4-c4n[nH]nc4-c4ccccc43)CC1)[C@]1(C)O[C@H]1[C@H](C)[C@@H]1C[C@@](O)(CC(=O)O1)[C@H](OC)/C=C/C=C(\C)C2. The first-order valence-corrected chi connectivity index (χ1v) is 37.8. The van der Waals surface area contributed by atoms with Gasteiger partial charge in [-0.15, -0.1) is 0 Å². The van der Waals surface area contributed by atoms with Gasteiger partial charge in [0.1, 0.15) is 63.5 Å². The highest BCUT2D eigenvalue weighted by molar-refractivity contribution is 6.35. The standard InChI is InChI=1S/C80H110ClN7O17/c1-52-21-20-28-67(98-10)80(96)50-66(103-72(93)51-80)53(2)76-79(4,105-76)68(49-71(92)88(8)63-46-56(45-52)47-65(97-9)73(63)81)104-78(95)54(3)87(7)77(94)57-32-30-55(31-33-57)22-13-18-29-69(90)86(6)36-38-100-40-42-102-44-43-101-41-39-99-37-34-70(91)85(5)35-19-11-12-27-64(89)62-48-58-23-14-15-24-59(58)74-75(83-84-82-74)61-26-17-16-25-60(61)62/h14-17,20-21,23-26,28,46-47,53-55,57,62,66-68,76,96H,11-13,18-19,22,27,29-45,48-51H2,1-10H3,(H,82,83,84)/b28-20+,52-21+/t53-,54+,55?,57?,62?,66+,67-,68+,76+,79+,80-/m1/s1. The molecule has 4 amide bonds. The van der Waals surface area contributed by atoms with E-state index in [-0.39, 0.29) is 66.0 Å². The summed E-state index contributed by atoms with van der Waals surface area (Å²) in [6.45, 7) is 11.2. The Morgan fingerprint density at radius 1 is 0.781 bits per heavy atom. The highest BCUT2D eigenvalue weighted by atomic mass is 35.5. The van der Waals surface area contributed by atoms with E-state index < -0.39 is 65.4 Å². The van der Waals surface area contributed by atoms with Gasteiger partial charge in [-0.2, -0.15) is 15.4 Å². The zero-order chi connectivity index (χ0) is 75.4. The minimum absolute atomic E-state index is 0.00963. The predicted octanol–water partition coefficient (Wildman–Crippen LogP) is 10.4. The zero-order valence-electron chi connectivity index (χ0n) is 63.0. The van der Waals surface area contributed by atoms with Gasteiger partial charge in [-0.3, -0.25) is 28.8 Å². The molecule has 25 heteroatoms.